The van der Waals surface area contributed by atoms with Gasteiger partial charge in [0.25, 0.3) is 5.91 Å². The molecule has 0 radical (unpaired) electrons. The van der Waals surface area contributed by atoms with Gasteiger partial charge in [-0.05, 0) is 43.5 Å². The van der Waals surface area contributed by atoms with Crippen LogP contribution >= 0.6 is 0 Å². The van der Waals surface area contributed by atoms with Crippen molar-refractivity contribution in [1.82, 2.24) is 4.98 Å². The molecule has 0 fully saturated rings. The number of nitrogens with zero attached hydrogens (tertiary/aromatic N) is 2. The van der Waals surface area contributed by atoms with E-state index in [0.29, 0.717) is 0 Å². The van der Waals surface area contributed by atoms with Crippen molar-refractivity contribution < 1.29 is 4.79 Å². The van der Waals surface area contributed by atoms with E-state index < -0.39 is 0 Å². The molecule has 3 nitrogen and oxygen atoms in total. The number of anilines is 1. The molecule has 2 aromatic rings. The fourth-order valence-corrected chi connectivity index (χ4v) is 2.57. The number of carbonyl (C=O) groups excluding carboxylic acids is 1. The standard InChI is InChI=1S/C16H16N2O.C2H6/c1-12-4-2-5-13(10-12)16(19)18-9-3-6-14-11-17-8-7-15(14)18;1-2/h2,4-5,7-8,10-11H,3,6,9H2,1H3;1-2H3. The predicted octanol–water partition coefficient (Wildman–Crippen LogP) is 4.01. The van der Waals surface area contributed by atoms with Gasteiger partial charge in [0.2, 0.25) is 0 Å². The molecule has 1 aromatic carbocycles. The van der Waals surface area contributed by atoms with Gasteiger partial charge in [0.05, 0.1) is 5.69 Å². The molecule has 0 spiro atoms. The van der Waals surface area contributed by atoms with Crippen LogP contribution in [0.3, 0.4) is 0 Å². The van der Waals surface area contributed by atoms with Crippen molar-refractivity contribution in [3.63, 3.8) is 0 Å². The van der Waals surface area contributed by atoms with Crippen LogP contribution in [-0.4, -0.2) is 17.4 Å². The van der Waals surface area contributed by atoms with Crippen molar-refractivity contribution in [2.45, 2.75) is 33.6 Å². The van der Waals surface area contributed by atoms with Gasteiger partial charge in [-0.25, -0.2) is 0 Å². The van der Waals surface area contributed by atoms with Crippen LogP contribution in [0.4, 0.5) is 5.69 Å². The third-order valence-electron chi connectivity index (χ3n) is 3.51. The summed E-state index contributed by atoms with van der Waals surface area (Å²) < 4.78 is 0. The summed E-state index contributed by atoms with van der Waals surface area (Å²) in [6.45, 7) is 6.79. The summed E-state index contributed by atoms with van der Waals surface area (Å²) in [6.07, 6.45) is 5.61. The lowest BCUT2D eigenvalue weighted by Crippen LogP contribution is -2.35. The molecule has 3 heteroatoms. The first kappa shape index (κ1) is 15.2. The second-order valence-electron chi connectivity index (χ2n) is 4.93. The topological polar surface area (TPSA) is 33.2 Å². The number of pyridine rings is 1. The van der Waals surface area contributed by atoms with Gasteiger partial charge in [-0.1, -0.05) is 31.5 Å². The highest BCUT2D eigenvalue weighted by Gasteiger charge is 2.23. The largest absolute Gasteiger partial charge is 0.308 e. The van der Waals surface area contributed by atoms with Crippen LogP contribution in [0.2, 0.25) is 0 Å². The van der Waals surface area contributed by atoms with Crippen molar-refractivity contribution in [3.05, 3.63) is 59.4 Å². The Bertz CT molecular complexity index is 622. The highest BCUT2D eigenvalue weighted by molar-refractivity contribution is 6.06. The van der Waals surface area contributed by atoms with Crippen LogP contribution in [0.1, 0.15) is 41.8 Å². The summed E-state index contributed by atoms with van der Waals surface area (Å²) in [5.41, 5.74) is 4.03. The highest BCUT2D eigenvalue weighted by Crippen LogP contribution is 2.27. The zero-order valence-corrected chi connectivity index (χ0v) is 13.0. The van der Waals surface area contributed by atoms with Crippen molar-refractivity contribution in [3.8, 4) is 0 Å². The second-order valence-corrected chi connectivity index (χ2v) is 4.93. The van der Waals surface area contributed by atoms with Crippen LogP contribution in [0, 0.1) is 6.92 Å². The van der Waals surface area contributed by atoms with Gasteiger partial charge in [-0.3, -0.25) is 9.78 Å². The van der Waals surface area contributed by atoms with E-state index in [-0.39, 0.29) is 5.91 Å². The molecule has 1 amide bonds. The van der Waals surface area contributed by atoms with E-state index in [1.807, 2.05) is 62.2 Å². The average molecular weight is 282 g/mol. The first-order valence-electron chi connectivity index (χ1n) is 7.57. The molecular formula is C18H22N2O. The van der Waals surface area contributed by atoms with Gasteiger partial charge in [0.15, 0.2) is 0 Å². The van der Waals surface area contributed by atoms with Gasteiger partial charge in [-0.2, -0.15) is 0 Å². The Labute approximate surface area is 126 Å². The fourth-order valence-electron chi connectivity index (χ4n) is 2.57. The lowest BCUT2D eigenvalue weighted by atomic mass is 10.0. The Hall–Kier alpha value is -2.16. The molecule has 110 valence electrons. The van der Waals surface area contributed by atoms with Gasteiger partial charge >= 0.3 is 0 Å². The Morgan fingerprint density at radius 2 is 2.05 bits per heavy atom. The van der Waals surface area contributed by atoms with Crippen molar-refractivity contribution >= 4 is 11.6 Å². The Kier molecular flexibility index (Phi) is 5.09. The van der Waals surface area contributed by atoms with Crippen LogP contribution in [0.5, 0.6) is 0 Å². The van der Waals surface area contributed by atoms with Gasteiger partial charge < -0.3 is 4.90 Å². The first-order valence-corrected chi connectivity index (χ1v) is 7.57. The first-order chi connectivity index (χ1) is 10.3. The molecule has 0 unspecified atom stereocenters. The summed E-state index contributed by atoms with van der Waals surface area (Å²) >= 11 is 0. The molecule has 1 aliphatic rings. The minimum atomic E-state index is 0.0795. The van der Waals surface area contributed by atoms with Crippen LogP contribution in [-0.2, 0) is 6.42 Å². The number of benzene rings is 1. The van der Waals surface area contributed by atoms with Gasteiger partial charge in [0, 0.05) is 24.5 Å². The summed E-state index contributed by atoms with van der Waals surface area (Å²) in [4.78, 5) is 18.6. The third-order valence-corrected chi connectivity index (χ3v) is 3.51. The maximum Gasteiger partial charge on any atom is 0.258 e. The number of carbonyl (C=O) groups is 1. The SMILES string of the molecule is CC.Cc1cccc(C(=O)N2CCCc3cnccc32)c1. The second kappa shape index (κ2) is 7.02. The quantitative estimate of drug-likeness (QED) is 0.791. The molecule has 0 N–H and O–H groups in total. The minimum Gasteiger partial charge on any atom is -0.308 e. The van der Waals surface area contributed by atoms with E-state index in [1.54, 1.807) is 6.20 Å². The monoisotopic (exact) mass is 282 g/mol. The number of aromatic nitrogens is 1. The average Bonchev–Trinajstić information content (AvgIpc) is 2.55. The van der Waals surface area contributed by atoms with E-state index in [2.05, 4.69) is 4.98 Å². The molecule has 0 saturated heterocycles. The summed E-state index contributed by atoms with van der Waals surface area (Å²) in [6, 6.07) is 9.69. The lowest BCUT2D eigenvalue weighted by Gasteiger charge is -2.29. The zero-order valence-electron chi connectivity index (χ0n) is 13.0. The molecule has 3 rings (SSSR count). The predicted molar refractivity (Wildman–Crippen MR) is 86.8 cm³/mol. The Morgan fingerprint density at radius 1 is 1.24 bits per heavy atom. The number of amides is 1. The van der Waals surface area contributed by atoms with E-state index >= 15 is 0 Å². The third kappa shape index (κ3) is 3.30. The maximum atomic E-state index is 12.6. The molecule has 0 atom stereocenters. The molecule has 21 heavy (non-hydrogen) atoms. The van der Waals surface area contributed by atoms with Crippen molar-refractivity contribution in [2.24, 2.45) is 0 Å². The van der Waals surface area contributed by atoms with E-state index in [0.717, 1.165) is 41.8 Å². The van der Waals surface area contributed by atoms with Crippen LogP contribution < -0.4 is 4.90 Å². The van der Waals surface area contributed by atoms with E-state index in [4.69, 9.17) is 0 Å². The van der Waals surface area contributed by atoms with E-state index in [9.17, 15) is 4.79 Å². The highest BCUT2D eigenvalue weighted by atomic mass is 16.2. The summed E-state index contributed by atoms with van der Waals surface area (Å²) in [7, 11) is 0. The Morgan fingerprint density at radius 3 is 2.81 bits per heavy atom. The maximum absolute atomic E-state index is 12.6. The Balaban J connectivity index is 0.000000774. The van der Waals surface area contributed by atoms with Crippen molar-refractivity contribution in [1.29, 1.82) is 0 Å². The number of hydrogen-bond acceptors (Lipinski definition) is 2. The fraction of sp³-hybridized carbons (Fsp3) is 0.333. The van der Waals surface area contributed by atoms with Gasteiger partial charge in [0.1, 0.15) is 0 Å². The summed E-state index contributed by atoms with van der Waals surface area (Å²) in [5, 5.41) is 0. The zero-order chi connectivity index (χ0) is 15.2. The molecule has 0 saturated carbocycles. The number of fused-ring (bicyclic) bond motifs is 1. The van der Waals surface area contributed by atoms with Crippen molar-refractivity contribution in [2.75, 3.05) is 11.4 Å². The number of hydrogen-bond donors (Lipinski definition) is 0. The van der Waals surface area contributed by atoms with E-state index in [1.165, 1.54) is 0 Å². The molecule has 1 aliphatic heterocycles. The molecule has 0 bridgehead atoms. The normalized spacial score (nSPS) is 13.0. The number of aryl methyl sites for hydroxylation is 2. The smallest absolute Gasteiger partial charge is 0.258 e. The summed E-state index contributed by atoms with van der Waals surface area (Å²) in [5.74, 6) is 0.0795. The van der Waals surface area contributed by atoms with Gasteiger partial charge in [-0.15, -0.1) is 0 Å². The molecule has 0 aliphatic carbocycles. The minimum absolute atomic E-state index is 0.0795. The lowest BCUT2D eigenvalue weighted by molar-refractivity contribution is 0.0985. The molecule has 2 heterocycles. The molecule has 1 aromatic heterocycles. The number of rotatable bonds is 1. The van der Waals surface area contributed by atoms with Crippen LogP contribution in [0.15, 0.2) is 42.7 Å². The molecular weight excluding hydrogens is 260 g/mol. The van der Waals surface area contributed by atoms with Crippen LogP contribution in [0.25, 0.3) is 0 Å².